The molecule has 4 aliphatic heterocycles. The lowest BCUT2D eigenvalue weighted by Gasteiger charge is -2.29. The van der Waals surface area contributed by atoms with Crippen LogP contribution in [0.25, 0.3) is 0 Å². The molecule has 0 radical (unpaired) electrons. The van der Waals surface area contributed by atoms with E-state index in [4.69, 9.17) is 31.7 Å². The number of anilines is 2. The van der Waals surface area contributed by atoms with Crippen molar-refractivity contribution >= 4 is 40.9 Å². The number of nitrogens with one attached hydrogen (secondary N) is 2. The molecule has 4 aromatic rings. The van der Waals surface area contributed by atoms with Crippen LogP contribution < -0.4 is 20.1 Å². The Hall–Kier alpha value is -6.28. The van der Waals surface area contributed by atoms with Gasteiger partial charge in [-0.1, -0.05) is 31.2 Å². The summed E-state index contributed by atoms with van der Waals surface area (Å²) < 4.78 is 10.3. The van der Waals surface area contributed by atoms with E-state index in [0.29, 0.717) is 37.4 Å². The summed E-state index contributed by atoms with van der Waals surface area (Å²) in [5, 5.41) is 26.6. The number of methoxy groups -OCH3 is 2. The van der Waals surface area contributed by atoms with Crippen LogP contribution in [-0.2, 0) is 30.5 Å². The third-order valence-electron chi connectivity index (χ3n) is 12.3. The summed E-state index contributed by atoms with van der Waals surface area (Å²) in [5.41, 5.74) is 6.75. The van der Waals surface area contributed by atoms with Crippen molar-refractivity contribution in [1.82, 2.24) is 39.5 Å². The van der Waals surface area contributed by atoms with Gasteiger partial charge in [0.25, 0.3) is 0 Å². The van der Waals surface area contributed by atoms with E-state index in [1.807, 2.05) is 34.3 Å². The van der Waals surface area contributed by atoms with Crippen LogP contribution in [0.3, 0.4) is 0 Å². The molecular weight excluding hydrogens is 829 g/mol. The molecule has 64 heavy (non-hydrogen) atoms. The lowest BCUT2D eigenvalue weighted by atomic mass is 10.0. The first-order chi connectivity index (χ1) is 31.3. The number of carboxylic acids is 1. The summed E-state index contributed by atoms with van der Waals surface area (Å²) in [5.74, 6) is 2.75. The van der Waals surface area contributed by atoms with E-state index in [9.17, 15) is 15.2 Å². The normalized spacial score (nSPS) is 17.0. The molecule has 16 nitrogen and oxygen atoms in total. The predicted molar refractivity (Wildman–Crippen MR) is 251 cm³/mol. The van der Waals surface area contributed by atoms with Gasteiger partial charge in [0.2, 0.25) is 23.9 Å². The number of aliphatic carboxylic acids is 1. The highest BCUT2D eigenvalue weighted by molar-refractivity contribution is 7.80. The second-order valence-electron chi connectivity index (χ2n) is 16.3. The molecule has 2 atom stereocenters. The number of carboxylic acid groups (broad SMARTS) is 1. The van der Waals surface area contributed by atoms with Crippen LogP contribution in [-0.4, -0.2) is 128 Å². The maximum Gasteiger partial charge on any atom is 0.305 e. The van der Waals surface area contributed by atoms with E-state index in [1.54, 1.807) is 19.4 Å². The number of carbonyl (C=O) groups is 1. The summed E-state index contributed by atoms with van der Waals surface area (Å²) in [6, 6.07) is 16.0. The smallest absolute Gasteiger partial charge is 0.305 e. The number of nitrogens with zero attached hydrogens (tertiary/aromatic N) is 10. The zero-order valence-corrected chi connectivity index (χ0v) is 38.0. The topological polar surface area (TPSA) is 180 Å². The van der Waals surface area contributed by atoms with Gasteiger partial charge >= 0.3 is 5.97 Å². The molecule has 0 amide bonds. The molecule has 4 aromatic heterocycles. The molecule has 17 heteroatoms. The van der Waals surface area contributed by atoms with Crippen molar-refractivity contribution in [3.8, 4) is 18.0 Å². The Morgan fingerprint density at radius 2 is 1.34 bits per heavy atom. The number of aromatic nitrogens is 4. The summed E-state index contributed by atoms with van der Waals surface area (Å²) >= 11 is 5.84. The first-order valence-corrected chi connectivity index (χ1v) is 22.9. The SMILES string of the molecule is CC[C@@H](c1ccc(OC)nc1)N1CCN(CCCc2ccc3c(n2)NCCC3)C1=S.COc1ccc([C@H](CC(=O)O)N2CCN(CCCc3ccc4c(n3)NCCC4)C2=NC#N)cn1. The Morgan fingerprint density at radius 3 is 1.86 bits per heavy atom. The van der Waals surface area contributed by atoms with Gasteiger partial charge < -0.3 is 44.8 Å². The molecule has 0 saturated carbocycles. The van der Waals surface area contributed by atoms with Gasteiger partial charge in [0.05, 0.1) is 32.7 Å². The Bertz CT molecular complexity index is 2270. The molecule has 2 fully saturated rings. The Labute approximate surface area is 381 Å². The van der Waals surface area contributed by atoms with Gasteiger partial charge in [-0.15, -0.1) is 4.99 Å². The number of thiocarbonyl (C=S) groups is 1. The Morgan fingerprint density at radius 1 is 0.797 bits per heavy atom. The second kappa shape index (κ2) is 22.4. The molecule has 0 bridgehead atoms. The molecular formula is C47H60N12O4S. The van der Waals surface area contributed by atoms with Crippen LogP contribution in [0.5, 0.6) is 11.8 Å². The van der Waals surface area contributed by atoms with Crippen LogP contribution in [0, 0.1) is 11.5 Å². The average molecular weight is 889 g/mol. The Kier molecular flexibility index (Phi) is 16.0. The Balaban J connectivity index is 0.000000193. The molecule has 0 spiro atoms. The number of ether oxygens (including phenoxy) is 2. The molecule has 338 valence electrons. The molecule has 8 heterocycles. The summed E-state index contributed by atoms with van der Waals surface area (Å²) in [6.07, 6.45) is 14.5. The molecule has 0 aromatic carbocycles. The van der Waals surface area contributed by atoms with Gasteiger partial charge in [0.1, 0.15) is 11.6 Å². The van der Waals surface area contributed by atoms with E-state index in [2.05, 4.69) is 72.6 Å². The molecule has 4 aliphatic rings. The largest absolute Gasteiger partial charge is 0.481 e. The minimum atomic E-state index is -0.928. The zero-order valence-electron chi connectivity index (χ0n) is 37.2. The minimum Gasteiger partial charge on any atom is -0.481 e. The summed E-state index contributed by atoms with van der Waals surface area (Å²) in [6.45, 7) is 9.05. The molecule has 0 aliphatic carbocycles. The second-order valence-corrected chi connectivity index (χ2v) is 16.7. The van der Waals surface area contributed by atoms with Gasteiger partial charge in [-0.3, -0.25) is 4.79 Å². The average Bonchev–Trinajstić information content (AvgIpc) is 3.90. The van der Waals surface area contributed by atoms with Crippen molar-refractivity contribution < 1.29 is 19.4 Å². The standard InChI is InChI=1S/C24H29N7O3.C23H31N5OS/c1-34-21-9-7-18(15-27-21)20(14-22(32)33)31-13-12-30(24(31)28-16-25)11-3-5-19-8-6-17-4-2-10-26-23(17)29-19;1-3-20(18-9-11-21(29-2)25-16-18)28-15-14-27(23(28)30)13-5-7-19-10-8-17-6-4-12-24-22(17)26-19/h6-9,15,20H,2-5,10-14H2,1H3,(H,26,29)(H,32,33);8-11,16,20H,3-7,12-15H2,1-2H3,(H,24,26)/t2*20-/m00/s1. The van der Waals surface area contributed by atoms with Crippen molar-refractivity contribution in [2.24, 2.45) is 4.99 Å². The maximum atomic E-state index is 11.6. The highest BCUT2D eigenvalue weighted by atomic mass is 32.1. The molecule has 8 rings (SSSR count). The fraction of sp³-hybridized carbons (Fsp3) is 0.489. The maximum absolute atomic E-state index is 11.6. The first-order valence-electron chi connectivity index (χ1n) is 22.5. The number of nitriles is 1. The number of guanidine groups is 1. The van der Waals surface area contributed by atoms with Gasteiger partial charge in [0, 0.05) is 88.3 Å². The van der Waals surface area contributed by atoms with E-state index in [0.717, 1.165) is 112 Å². The first kappa shape index (κ1) is 45.7. The van der Waals surface area contributed by atoms with Gasteiger partial charge in [0.15, 0.2) is 5.11 Å². The van der Waals surface area contributed by atoms with E-state index >= 15 is 0 Å². The number of hydrogen-bond acceptors (Lipinski definition) is 12. The third kappa shape index (κ3) is 11.4. The zero-order chi connectivity index (χ0) is 44.8. The lowest BCUT2D eigenvalue weighted by Crippen LogP contribution is -2.37. The monoisotopic (exact) mass is 888 g/mol. The fourth-order valence-corrected chi connectivity index (χ4v) is 9.34. The van der Waals surface area contributed by atoms with E-state index in [1.165, 1.54) is 35.9 Å². The van der Waals surface area contributed by atoms with Crippen LogP contribution >= 0.6 is 12.2 Å². The quantitative estimate of drug-likeness (QED) is 0.0796. The number of hydrogen-bond donors (Lipinski definition) is 3. The van der Waals surface area contributed by atoms with E-state index in [-0.39, 0.29) is 12.5 Å². The predicted octanol–water partition coefficient (Wildman–Crippen LogP) is 6.28. The number of rotatable bonds is 17. The third-order valence-corrected chi connectivity index (χ3v) is 12.8. The van der Waals surface area contributed by atoms with E-state index < -0.39 is 12.0 Å². The number of aliphatic imine (C=N–C) groups is 1. The lowest BCUT2D eigenvalue weighted by molar-refractivity contribution is -0.138. The molecule has 2 saturated heterocycles. The van der Waals surface area contributed by atoms with Crippen molar-refractivity contribution in [3.05, 3.63) is 94.6 Å². The van der Waals surface area contributed by atoms with Crippen LogP contribution in [0.2, 0.25) is 0 Å². The highest BCUT2D eigenvalue weighted by Gasteiger charge is 2.35. The van der Waals surface area contributed by atoms with Crippen LogP contribution in [0.15, 0.2) is 65.9 Å². The van der Waals surface area contributed by atoms with Crippen LogP contribution in [0.4, 0.5) is 11.6 Å². The summed E-state index contributed by atoms with van der Waals surface area (Å²) in [7, 11) is 3.17. The summed E-state index contributed by atoms with van der Waals surface area (Å²) in [4.78, 5) is 42.5. The van der Waals surface area contributed by atoms with Crippen molar-refractivity contribution in [3.63, 3.8) is 0 Å². The van der Waals surface area contributed by atoms with Crippen molar-refractivity contribution in [1.29, 1.82) is 5.26 Å². The minimum absolute atomic E-state index is 0.127. The molecule has 3 N–H and O–H groups in total. The number of fused-ring (bicyclic) bond motifs is 2. The van der Waals surface area contributed by atoms with Crippen LogP contribution in [0.1, 0.15) is 91.2 Å². The number of aryl methyl sites for hydroxylation is 4. The van der Waals surface area contributed by atoms with Gasteiger partial charge in [-0.2, -0.15) is 5.26 Å². The van der Waals surface area contributed by atoms with Crippen molar-refractivity contribution in [2.45, 2.75) is 83.2 Å². The van der Waals surface area contributed by atoms with Crippen molar-refractivity contribution in [2.75, 3.05) is 77.2 Å². The highest BCUT2D eigenvalue weighted by Crippen LogP contribution is 2.31. The van der Waals surface area contributed by atoms with Gasteiger partial charge in [-0.25, -0.2) is 19.9 Å². The number of pyridine rings is 4. The van der Waals surface area contributed by atoms with Gasteiger partial charge in [-0.05, 0) is 104 Å². The molecule has 0 unspecified atom stereocenters. The fourth-order valence-electron chi connectivity index (χ4n) is 8.94.